The molecule has 1 aliphatic rings. The van der Waals surface area contributed by atoms with Crippen molar-refractivity contribution in [1.82, 2.24) is 15.5 Å². The van der Waals surface area contributed by atoms with Gasteiger partial charge in [-0.2, -0.15) is 13.2 Å². The number of urea groups is 1. The number of hydrogen-bond donors (Lipinski definition) is 3. The quantitative estimate of drug-likeness (QED) is 0.653. The number of halogens is 3. The van der Waals surface area contributed by atoms with Crippen molar-refractivity contribution in [2.45, 2.75) is 50.9 Å². The molecule has 0 unspecified atom stereocenters. The highest BCUT2D eigenvalue weighted by atomic mass is 19.4. The predicted molar refractivity (Wildman–Crippen MR) is 73.7 cm³/mol. The number of amides is 3. The van der Waals surface area contributed by atoms with Gasteiger partial charge >= 0.3 is 24.1 Å². The molecule has 1 fully saturated rings. The van der Waals surface area contributed by atoms with Crippen LogP contribution in [0.15, 0.2) is 0 Å². The topological polar surface area (TPSA) is 98.7 Å². The van der Waals surface area contributed by atoms with Gasteiger partial charge in [0.2, 0.25) is 0 Å². The van der Waals surface area contributed by atoms with E-state index >= 15 is 0 Å². The molecule has 3 N–H and O–H groups in total. The first-order chi connectivity index (χ1) is 10.6. The van der Waals surface area contributed by atoms with Crippen LogP contribution in [0.1, 0.15) is 32.6 Å². The molecule has 0 saturated carbocycles. The molecule has 0 aromatic heterocycles. The second-order valence-electron chi connectivity index (χ2n) is 5.38. The van der Waals surface area contributed by atoms with E-state index < -0.39 is 36.2 Å². The Balaban J connectivity index is 2.51. The van der Waals surface area contributed by atoms with Gasteiger partial charge in [0.15, 0.2) is 0 Å². The summed E-state index contributed by atoms with van der Waals surface area (Å²) in [6, 6.07) is -1.84. The number of piperidine rings is 1. The van der Waals surface area contributed by atoms with E-state index in [1.54, 1.807) is 6.92 Å². The minimum atomic E-state index is -4.96. The maximum absolute atomic E-state index is 12.3. The van der Waals surface area contributed by atoms with E-state index in [1.165, 1.54) is 4.90 Å². The summed E-state index contributed by atoms with van der Waals surface area (Å²) in [5.41, 5.74) is 0. The highest BCUT2D eigenvalue weighted by Crippen LogP contribution is 2.20. The van der Waals surface area contributed by atoms with Crippen LogP contribution in [-0.2, 0) is 9.59 Å². The molecule has 2 atom stereocenters. The van der Waals surface area contributed by atoms with Crippen molar-refractivity contribution in [2.75, 3.05) is 13.1 Å². The molecule has 1 heterocycles. The molecule has 1 saturated heterocycles. The number of carboxylic acids is 1. The summed E-state index contributed by atoms with van der Waals surface area (Å²) in [6.07, 6.45) is -3.96. The fourth-order valence-electron chi connectivity index (χ4n) is 2.41. The van der Waals surface area contributed by atoms with Gasteiger partial charge < -0.3 is 20.6 Å². The maximum Gasteiger partial charge on any atom is 0.471 e. The molecule has 1 rings (SSSR count). The van der Waals surface area contributed by atoms with Crippen molar-refractivity contribution >= 4 is 17.9 Å². The lowest BCUT2D eigenvalue weighted by molar-refractivity contribution is -0.175. The fourth-order valence-corrected chi connectivity index (χ4v) is 2.41. The number of nitrogens with zero attached hydrogens (tertiary/aromatic N) is 1. The van der Waals surface area contributed by atoms with Crippen molar-refractivity contribution in [1.29, 1.82) is 0 Å². The summed E-state index contributed by atoms with van der Waals surface area (Å²) in [4.78, 5) is 34.8. The summed E-state index contributed by atoms with van der Waals surface area (Å²) < 4.78 is 36.9. The third-order valence-electron chi connectivity index (χ3n) is 3.67. The lowest BCUT2D eigenvalue weighted by Crippen LogP contribution is -2.59. The Morgan fingerprint density at radius 1 is 1.30 bits per heavy atom. The average Bonchev–Trinajstić information content (AvgIpc) is 2.44. The van der Waals surface area contributed by atoms with Gasteiger partial charge in [-0.15, -0.1) is 0 Å². The van der Waals surface area contributed by atoms with Gasteiger partial charge in [-0.3, -0.25) is 9.59 Å². The van der Waals surface area contributed by atoms with Crippen LogP contribution in [0.3, 0.4) is 0 Å². The van der Waals surface area contributed by atoms with Crippen LogP contribution < -0.4 is 10.6 Å². The summed E-state index contributed by atoms with van der Waals surface area (Å²) >= 11 is 0. The zero-order valence-electron chi connectivity index (χ0n) is 12.7. The summed E-state index contributed by atoms with van der Waals surface area (Å²) in [5.74, 6) is -2.99. The van der Waals surface area contributed by atoms with Gasteiger partial charge in [0.25, 0.3) is 0 Å². The number of alkyl halides is 3. The van der Waals surface area contributed by atoms with E-state index in [1.807, 2.05) is 5.32 Å². The van der Waals surface area contributed by atoms with Crippen molar-refractivity contribution in [2.24, 2.45) is 0 Å². The summed E-state index contributed by atoms with van der Waals surface area (Å²) in [5, 5.41) is 12.9. The highest BCUT2D eigenvalue weighted by molar-refractivity contribution is 5.82. The predicted octanol–water partition coefficient (Wildman–Crippen LogP) is 1.09. The van der Waals surface area contributed by atoms with Crippen LogP contribution >= 0.6 is 0 Å². The smallest absolute Gasteiger partial charge is 0.471 e. The lowest BCUT2D eigenvalue weighted by Gasteiger charge is -2.39. The van der Waals surface area contributed by atoms with Crippen LogP contribution in [-0.4, -0.2) is 59.3 Å². The molecule has 0 spiro atoms. The van der Waals surface area contributed by atoms with E-state index in [-0.39, 0.29) is 19.4 Å². The maximum atomic E-state index is 12.3. The van der Waals surface area contributed by atoms with Gasteiger partial charge in [0.1, 0.15) is 0 Å². The van der Waals surface area contributed by atoms with E-state index in [0.717, 1.165) is 0 Å². The monoisotopic (exact) mass is 339 g/mol. The van der Waals surface area contributed by atoms with Crippen LogP contribution in [0.4, 0.5) is 18.0 Å². The first kappa shape index (κ1) is 19.0. The Kier molecular flexibility index (Phi) is 6.64. The van der Waals surface area contributed by atoms with E-state index in [9.17, 15) is 27.6 Å². The second-order valence-corrected chi connectivity index (χ2v) is 5.38. The summed E-state index contributed by atoms with van der Waals surface area (Å²) in [7, 11) is 0. The standard InChI is InChI=1S/C13H20F3N3O4/c1-8-9(18-11(22)13(14,15)16)4-3-7-19(8)12(23)17-6-2-5-10(20)21/h8-9H,2-7H2,1H3,(H,17,23)(H,18,22)(H,20,21)/t8-,9-/m1/s1. The van der Waals surface area contributed by atoms with E-state index in [2.05, 4.69) is 5.32 Å². The number of carbonyl (C=O) groups is 3. The number of carboxylic acid groups (broad SMARTS) is 1. The molecule has 10 heteroatoms. The van der Waals surface area contributed by atoms with Crippen LogP contribution in [0, 0.1) is 0 Å². The molecule has 1 aliphatic heterocycles. The van der Waals surface area contributed by atoms with Crippen molar-refractivity contribution in [3.8, 4) is 0 Å². The molecule has 0 aromatic rings. The third kappa shape index (κ3) is 5.95. The molecule has 0 radical (unpaired) electrons. The molecule has 3 amide bonds. The molecule has 7 nitrogen and oxygen atoms in total. The molecule has 0 aromatic carbocycles. The van der Waals surface area contributed by atoms with Gasteiger partial charge in [-0.25, -0.2) is 4.79 Å². The average molecular weight is 339 g/mol. The molecular formula is C13H20F3N3O4. The van der Waals surface area contributed by atoms with Gasteiger partial charge in [0.05, 0.1) is 6.04 Å². The largest absolute Gasteiger partial charge is 0.481 e. The number of aliphatic carboxylic acids is 1. The number of likely N-dealkylation sites (tertiary alicyclic amines) is 1. The molecule has 23 heavy (non-hydrogen) atoms. The Labute approximate surface area is 131 Å². The zero-order chi connectivity index (χ0) is 17.6. The minimum Gasteiger partial charge on any atom is -0.481 e. The van der Waals surface area contributed by atoms with Gasteiger partial charge in [-0.05, 0) is 26.2 Å². The molecule has 0 aliphatic carbocycles. The fraction of sp³-hybridized carbons (Fsp3) is 0.769. The molecule has 0 bridgehead atoms. The minimum absolute atomic E-state index is 0.0832. The Bertz CT molecular complexity index is 456. The lowest BCUT2D eigenvalue weighted by atomic mass is 9.97. The van der Waals surface area contributed by atoms with Crippen molar-refractivity contribution < 1.29 is 32.7 Å². The normalized spacial score (nSPS) is 21.7. The van der Waals surface area contributed by atoms with E-state index in [0.29, 0.717) is 19.4 Å². The molecule has 132 valence electrons. The number of rotatable bonds is 5. The number of carbonyl (C=O) groups excluding carboxylic acids is 2. The van der Waals surface area contributed by atoms with Crippen LogP contribution in [0.2, 0.25) is 0 Å². The highest BCUT2D eigenvalue weighted by Gasteiger charge is 2.42. The van der Waals surface area contributed by atoms with Crippen molar-refractivity contribution in [3.63, 3.8) is 0 Å². The molecular weight excluding hydrogens is 319 g/mol. The first-order valence-corrected chi connectivity index (χ1v) is 7.27. The first-order valence-electron chi connectivity index (χ1n) is 7.27. The van der Waals surface area contributed by atoms with Gasteiger partial charge in [0, 0.05) is 25.6 Å². The Morgan fingerprint density at radius 3 is 2.52 bits per heavy atom. The Morgan fingerprint density at radius 2 is 1.96 bits per heavy atom. The van der Waals surface area contributed by atoms with Crippen molar-refractivity contribution in [3.05, 3.63) is 0 Å². The van der Waals surface area contributed by atoms with E-state index in [4.69, 9.17) is 5.11 Å². The van der Waals surface area contributed by atoms with Crippen LogP contribution in [0.25, 0.3) is 0 Å². The number of nitrogens with one attached hydrogen (secondary N) is 2. The SMILES string of the molecule is C[C@@H]1[C@H](NC(=O)C(F)(F)F)CCCN1C(=O)NCCCC(=O)O. The van der Waals surface area contributed by atoms with Gasteiger partial charge in [-0.1, -0.05) is 0 Å². The van der Waals surface area contributed by atoms with Crippen LogP contribution in [0.5, 0.6) is 0 Å². The Hall–Kier alpha value is -2.00. The number of hydrogen-bond acceptors (Lipinski definition) is 3. The summed E-state index contributed by atoms with van der Waals surface area (Å²) in [6.45, 7) is 2.09. The second kappa shape index (κ2) is 8.02. The zero-order valence-corrected chi connectivity index (χ0v) is 12.7. The third-order valence-corrected chi connectivity index (χ3v) is 3.67.